The van der Waals surface area contributed by atoms with Crippen molar-refractivity contribution in [1.29, 1.82) is 0 Å². The highest BCUT2D eigenvalue weighted by Gasteiger charge is 2.28. The summed E-state index contributed by atoms with van der Waals surface area (Å²) < 4.78 is 5.19. The van der Waals surface area contributed by atoms with E-state index in [9.17, 15) is 0 Å². The predicted octanol–water partition coefficient (Wildman–Crippen LogP) is 2.16. The molecule has 24 heavy (non-hydrogen) atoms. The Morgan fingerprint density at radius 2 is 2.00 bits per heavy atom. The Labute approximate surface area is 150 Å². The van der Waals surface area contributed by atoms with E-state index in [0.29, 0.717) is 0 Å². The standard InChI is InChI=1S/C18H29ClN4O/c1-20-18(21-10-9-15-5-3-4-6-17(15)19)22-11-12-23(13-14-24-2)16-7-8-16/h3-6,16H,7-14H2,1-2H3,(H2,20,21,22). The molecule has 0 aliphatic heterocycles. The van der Waals surface area contributed by atoms with Gasteiger partial charge in [-0.3, -0.25) is 9.89 Å². The molecule has 0 heterocycles. The van der Waals surface area contributed by atoms with Crippen LogP contribution in [0.4, 0.5) is 0 Å². The van der Waals surface area contributed by atoms with Gasteiger partial charge >= 0.3 is 0 Å². The third-order valence-electron chi connectivity index (χ3n) is 4.21. The van der Waals surface area contributed by atoms with Crippen LogP contribution in [0.15, 0.2) is 29.3 Å². The van der Waals surface area contributed by atoms with Gasteiger partial charge in [-0.05, 0) is 30.9 Å². The molecule has 0 radical (unpaired) electrons. The second kappa shape index (κ2) is 10.5. The van der Waals surface area contributed by atoms with Gasteiger partial charge in [0.2, 0.25) is 0 Å². The Kier molecular flexibility index (Phi) is 8.36. The molecule has 0 amide bonds. The maximum atomic E-state index is 6.18. The van der Waals surface area contributed by atoms with Crippen LogP contribution in [0.2, 0.25) is 5.02 Å². The Morgan fingerprint density at radius 3 is 2.67 bits per heavy atom. The van der Waals surface area contributed by atoms with Crippen molar-refractivity contribution in [2.75, 3.05) is 46.9 Å². The van der Waals surface area contributed by atoms with Crippen molar-refractivity contribution in [3.63, 3.8) is 0 Å². The van der Waals surface area contributed by atoms with Crippen molar-refractivity contribution in [2.24, 2.45) is 4.99 Å². The summed E-state index contributed by atoms with van der Waals surface area (Å²) in [6, 6.07) is 8.70. The van der Waals surface area contributed by atoms with Crippen LogP contribution in [0.25, 0.3) is 0 Å². The Balaban J connectivity index is 1.65. The van der Waals surface area contributed by atoms with Crippen LogP contribution in [-0.2, 0) is 11.2 Å². The number of rotatable bonds is 10. The van der Waals surface area contributed by atoms with Gasteiger partial charge < -0.3 is 15.4 Å². The third-order valence-corrected chi connectivity index (χ3v) is 4.57. The minimum atomic E-state index is 0.747. The molecular formula is C18H29ClN4O. The van der Waals surface area contributed by atoms with Gasteiger partial charge in [-0.25, -0.2) is 0 Å². The minimum Gasteiger partial charge on any atom is -0.383 e. The van der Waals surface area contributed by atoms with E-state index in [1.54, 1.807) is 14.2 Å². The number of benzene rings is 1. The summed E-state index contributed by atoms with van der Waals surface area (Å²) in [6.45, 7) is 4.49. The molecule has 0 atom stereocenters. The molecule has 0 unspecified atom stereocenters. The molecule has 0 bridgehead atoms. The number of nitrogens with zero attached hydrogens (tertiary/aromatic N) is 2. The lowest BCUT2D eigenvalue weighted by Crippen LogP contribution is -2.43. The van der Waals surface area contributed by atoms with Crippen LogP contribution >= 0.6 is 11.6 Å². The Hall–Kier alpha value is -1.30. The van der Waals surface area contributed by atoms with E-state index in [4.69, 9.17) is 16.3 Å². The van der Waals surface area contributed by atoms with Crippen molar-refractivity contribution in [3.05, 3.63) is 34.9 Å². The highest BCUT2D eigenvalue weighted by molar-refractivity contribution is 6.31. The lowest BCUT2D eigenvalue weighted by atomic mass is 10.1. The number of aliphatic imine (C=N–C) groups is 1. The number of hydrogen-bond donors (Lipinski definition) is 2. The molecule has 1 saturated carbocycles. The lowest BCUT2D eigenvalue weighted by molar-refractivity contribution is 0.144. The highest BCUT2D eigenvalue weighted by atomic mass is 35.5. The van der Waals surface area contributed by atoms with Crippen molar-refractivity contribution in [3.8, 4) is 0 Å². The average Bonchev–Trinajstić information content (AvgIpc) is 3.43. The Bertz CT molecular complexity index is 519. The van der Waals surface area contributed by atoms with Gasteiger partial charge in [0.05, 0.1) is 6.61 Å². The summed E-state index contributed by atoms with van der Waals surface area (Å²) in [7, 11) is 3.56. The van der Waals surface area contributed by atoms with E-state index in [0.717, 1.165) is 61.8 Å². The van der Waals surface area contributed by atoms with Crippen LogP contribution in [-0.4, -0.2) is 63.8 Å². The molecule has 5 nitrogen and oxygen atoms in total. The summed E-state index contributed by atoms with van der Waals surface area (Å²) in [5, 5.41) is 7.55. The first-order valence-electron chi connectivity index (χ1n) is 8.65. The maximum absolute atomic E-state index is 6.18. The van der Waals surface area contributed by atoms with Gasteiger partial charge in [0.1, 0.15) is 0 Å². The molecule has 0 saturated heterocycles. The molecule has 1 aromatic carbocycles. The number of nitrogens with one attached hydrogen (secondary N) is 2. The maximum Gasteiger partial charge on any atom is 0.191 e. The van der Waals surface area contributed by atoms with E-state index in [2.05, 4.69) is 26.6 Å². The molecule has 1 aliphatic carbocycles. The number of halogens is 1. The molecule has 1 aromatic rings. The topological polar surface area (TPSA) is 48.9 Å². The van der Waals surface area contributed by atoms with Crippen molar-refractivity contribution < 1.29 is 4.74 Å². The van der Waals surface area contributed by atoms with Crippen molar-refractivity contribution >= 4 is 17.6 Å². The monoisotopic (exact) mass is 352 g/mol. The van der Waals surface area contributed by atoms with E-state index in [1.165, 1.54) is 12.8 Å². The third kappa shape index (κ3) is 6.67. The largest absolute Gasteiger partial charge is 0.383 e. The van der Waals surface area contributed by atoms with Gasteiger partial charge in [-0.2, -0.15) is 0 Å². The molecular weight excluding hydrogens is 324 g/mol. The predicted molar refractivity (Wildman–Crippen MR) is 101 cm³/mol. The van der Waals surface area contributed by atoms with Crippen LogP contribution < -0.4 is 10.6 Å². The van der Waals surface area contributed by atoms with Crippen molar-refractivity contribution in [1.82, 2.24) is 15.5 Å². The first-order valence-corrected chi connectivity index (χ1v) is 9.03. The van der Waals surface area contributed by atoms with Gasteiger partial charge in [-0.15, -0.1) is 0 Å². The molecule has 6 heteroatoms. The summed E-state index contributed by atoms with van der Waals surface area (Å²) in [6.07, 6.45) is 3.51. The molecule has 134 valence electrons. The molecule has 1 aliphatic rings. The number of hydrogen-bond acceptors (Lipinski definition) is 3. The van der Waals surface area contributed by atoms with Crippen LogP contribution in [0.3, 0.4) is 0 Å². The Morgan fingerprint density at radius 1 is 1.25 bits per heavy atom. The van der Waals surface area contributed by atoms with Crippen LogP contribution in [0.5, 0.6) is 0 Å². The zero-order valence-electron chi connectivity index (χ0n) is 14.7. The van der Waals surface area contributed by atoms with Gasteiger partial charge in [0, 0.05) is 51.4 Å². The first-order chi connectivity index (χ1) is 11.7. The molecule has 0 aromatic heterocycles. The van der Waals surface area contributed by atoms with E-state index < -0.39 is 0 Å². The molecule has 1 fully saturated rings. The normalized spacial score (nSPS) is 14.9. The van der Waals surface area contributed by atoms with E-state index in [1.807, 2.05) is 18.2 Å². The van der Waals surface area contributed by atoms with Crippen molar-refractivity contribution in [2.45, 2.75) is 25.3 Å². The second-order valence-electron chi connectivity index (χ2n) is 6.03. The number of ether oxygens (including phenoxy) is 1. The van der Waals surface area contributed by atoms with E-state index >= 15 is 0 Å². The van der Waals surface area contributed by atoms with Gasteiger partial charge in [0.15, 0.2) is 5.96 Å². The number of guanidine groups is 1. The van der Waals surface area contributed by atoms with Gasteiger partial charge in [-0.1, -0.05) is 29.8 Å². The quantitative estimate of drug-likeness (QED) is 0.500. The summed E-state index contributed by atoms with van der Waals surface area (Å²) in [5.41, 5.74) is 1.15. The molecule has 0 spiro atoms. The van der Waals surface area contributed by atoms with Gasteiger partial charge in [0.25, 0.3) is 0 Å². The molecule has 2 N–H and O–H groups in total. The minimum absolute atomic E-state index is 0.747. The summed E-state index contributed by atoms with van der Waals surface area (Å²) in [4.78, 5) is 6.77. The number of methoxy groups -OCH3 is 1. The summed E-state index contributed by atoms with van der Waals surface area (Å²) in [5.74, 6) is 0.838. The average molecular weight is 353 g/mol. The zero-order chi connectivity index (χ0) is 17.2. The fourth-order valence-corrected chi connectivity index (χ4v) is 2.91. The van der Waals surface area contributed by atoms with E-state index in [-0.39, 0.29) is 0 Å². The molecule has 2 rings (SSSR count). The zero-order valence-corrected chi connectivity index (χ0v) is 15.5. The van der Waals surface area contributed by atoms with Crippen LogP contribution in [0.1, 0.15) is 18.4 Å². The van der Waals surface area contributed by atoms with Crippen LogP contribution in [0, 0.1) is 0 Å². The fraction of sp³-hybridized carbons (Fsp3) is 0.611. The summed E-state index contributed by atoms with van der Waals surface area (Å²) >= 11 is 6.18. The smallest absolute Gasteiger partial charge is 0.191 e. The highest BCUT2D eigenvalue weighted by Crippen LogP contribution is 2.25. The second-order valence-corrected chi connectivity index (χ2v) is 6.43. The fourth-order valence-electron chi connectivity index (χ4n) is 2.68. The lowest BCUT2D eigenvalue weighted by Gasteiger charge is -2.22. The first kappa shape index (κ1) is 19.0. The SMILES string of the molecule is CN=C(NCCc1ccccc1Cl)NCCN(CCOC)C1CC1.